The number of nitrogens with zero attached hydrogens (tertiary/aromatic N) is 2. The van der Waals surface area contributed by atoms with Gasteiger partial charge in [-0.15, -0.1) is 0 Å². The fourth-order valence-corrected chi connectivity index (χ4v) is 2.21. The van der Waals surface area contributed by atoms with Gasteiger partial charge in [-0.2, -0.15) is 5.26 Å². The maximum absolute atomic E-state index is 13.7. The molecular weight excluding hydrogens is 277 g/mol. The average Bonchev–Trinajstić information content (AvgIpc) is 2.49. The van der Waals surface area contributed by atoms with E-state index in [1.165, 1.54) is 17.0 Å². The summed E-state index contributed by atoms with van der Waals surface area (Å²) in [6, 6.07) is 5.13. The Morgan fingerprint density at radius 1 is 1.38 bits per heavy atom. The number of urea groups is 1. The van der Waals surface area contributed by atoms with Gasteiger partial charge in [0.05, 0.1) is 23.2 Å². The van der Waals surface area contributed by atoms with E-state index in [-0.39, 0.29) is 11.3 Å². The van der Waals surface area contributed by atoms with Crippen LogP contribution in [0.2, 0.25) is 0 Å². The van der Waals surface area contributed by atoms with Crippen molar-refractivity contribution in [3.05, 3.63) is 29.6 Å². The highest BCUT2D eigenvalue weighted by atomic mass is 19.1. The number of rotatable bonds is 2. The molecule has 0 radical (unpaired) electrons. The van der Waals surface area contributed by atoms with Crippen molar-refractivity contribution < 1.29 is 19.1 Å². The number of amides is 2. The largest absolute Gasteiger partial charge is 0.481 e. The molecule has 1 aliphatic heterocycles. The molecule has 1 aromatic rings. The van der Waals surface area contributed by atoms with Crippen molar-refractivity contribution in [1.82, 2.24) is 4.90 Å². The third-order valence-corrected chi connectivity index (χ3v) is 3.47. The first-order valence-electron chi connectivity index (χ1n) is 6.49. The van der Waals surface area contributed by atoms with Crippen molar-refractivity contribution in [3.8, 4) is 6.07 Å². The number of carboxylic acid groups (broad SMARTS) is 1. The molecule has 0 spiro atoms. The quantitative estimate of drug-likeness (QED) is 0.871. The van der Waals surface area contributed by atoms with Gasteiger partial charge in [0, 0.05) is 13.1 Å². The topological polar surface area (TPSA) is 93.4 Å². The minimum absolute atomic E-state index is 0.000594. The van der Waals surface area contributed by atoms with Crippen LogP contribution < -0.4 is 5.32 Å². The van der Waals surface area contributed by atoms with Crippen LogP contribution in [0, 0.1) is 23.1 Å². The molecular formula is C14H14FN3O3. The molecule has 0 aliphatic carbocycles. The van der Waals surface area contributed by atoms with Gasteiger partial charge in [0.2, 0.25) is 0 Å². The van der Waals surface area contributed by atoms with E-state index in [9.17, 15) is 14.0 Å². The van der Waals surface area contributed by atoms with Crippen LogP contribution >= 0.6 is 0 Å². The van der Waals surface area contributed by atoms with Gasteiger partial charge >= 0.3 is 12.0 Å². The minimum Gasteiger partial charge on any atom is -0.481 e. The lowest BCUT2D eigenvalue weighted by Gasteiger charge is -2.30. The van der Waals surface area contributed by atoms with Crippen LogP contribution in [0.15, 0.2) is 18.2 Å². The van der Waals surface area contributed by atoms with Crippen LogP contribution in [0.5, 0.6) is 0 Å². The number of nitriles is 1. The Morgan fingerprint density at radius 2 is 2.05 bits per heavy atom. The molecule has 0 atom stereocenters. The van der Waals surface area contributed by atoms with Crippen LogP contribution in [0.4, 0.5) is 14.9 Å². The standard InChI is InChI=1S/C14H14FN3O3/c15-11-7-9(8-16)1-2-12(11)17-14(21)18-5-3-10(4-6-18)13(19)20/h1-2,7,10H,3-6H2,(H,17,21)(H,19,20). The van der Waals surface area contributed by atoms with E-state index >= 15 is 0 Å². The Hall–Kier alpha value is -2.62. The lowest BCUT2D eigenvalue weighted by atomic mass is 9.97. The number of carbonyl (C=O) groups excluding carboxylic acids is 1. The van der Waals surface area contributed by atoms with Crippen LogP contribution in [0.1, 0.15) is 18.4 Å². The molecule has 2 rings (SSSR count). The van der Waals surface area contributed by atoms with Crippen LogP contribution in [-0.4, -0.2) is 35.1 Å². The Bertz CT molecular complexity index is 604. The number of anilines is 1. The second kappa shape index (κ2) is 6.22. The SMILES string of the molecule is N#Cc1ccc(NC(=O)N2CCC(C(=O)O)CC2)c(F)c1. The van der Waals surface area contributed by atoms with Gasteiger partial charge in [-0.1, -0.05) is 0 Å². The monoisotopic (exact) mass is 291 g/mol. The molecule has 0 saturated carbocycles. The molecule has 1 fully saturated rings. The summed E-state index contributed by atoms with van der Waals surface area (Å²) in [5.41, 5.74) is 0.173. The van der Waals surface area contributed by atoms with E-state index in [4.69, 9.17) is 10.4 Å². The first-order chi connectivity index (χ1) is 10.0. The predicted molar refractivity (Wildman–Crippen MR) is 72.1 cm³/mol. The van der Waals surface area contributed by atoms with Gasteiger partial charge in [0.15, 0.2) is 0 Å². The number of aliphatic carboxylic acids is 1. The number of hydrogen-bond donors (Lipinski definition) is 2. The second-order valence-electron chi connectivity index (χ2n) is 4.84. The number of benzene rings is 1. The summed E-state index contributed by atoms with van der Waals surface area (Å²) in [5.74, 6) is -1.96. The molecule has 21 heavy (non-hydrogen) atoms. The van der Waals surface area contributed by atoms with Gasteiger partial charge in [-0.25, -0.2) is 9.18 Å². The molecule has 1 saturated heterocycles. The van der Waals surface area contributed by atoms with Crippen molar-refractivity contribution in [1.29, 1.82) is 5.26 Å². The van der Waals surface area contributed by atoms with Crippen LogP contribution in [0.3, 0.4) is 0 Å². The van der Waals surface area contributed by atoms with Gasteiger partial charge in [0.1, 0.15) is 5.82 Å². The highest BCUT2D eigenvalue weighted by Gasteiger charge is 2.27. The normalized spacial score (nSPS) is 15.3. The van der Waals surface area contributed by atoms with Gasteiger partial charge in [-0.05, 0) is 31.0 Å². The zero-order valence-electron chi connectivity index (χ0n) is 11.2. The number of nitrogens with one attached hydrogen (secondary N) is 1. The fraction of sp³-hybridized carbons (Fsp3) is 0.357. The number of piperidine rings is 1. The fourth-order valence-electron chi connectivity index (χ4n) is 2.21. The summed E-state index contributed by atoms with van der Waals surface area (Å²) in [6.45, 7) is 0.640. The minimum atomic E-state index is -0.854. The van der Waals surface area contributed by atoms with Gasteiger partial charge in [0.25, 0.3) is 0 Å². The number of carboxylic acids is 1. The maximum Gasteiger partial charge on any atom is 0.321 e. The number of hydrogen-bond acceptors (Lipinski definition) is 3. The van der Waals surface area contributed by atoms with Crippen LogP contribution in [0.25, 0.3) is 0 Å². The van der Waals surface area contributed by atoms with E-state index in [0.29, 0.717) is 25.9 Å². The summed E-state index contributed by atoms with van der Waals surface area (Å²) in [7, 11) is 0. The Morgan fingerprint density at radius 3 is 2.57 bits per heavy atom. The average molecular weight is 291 g/mol. The third kappa shape index (κ3) is 3.48. The zero-order valence-corrected chi connectivity index (χ0v) is 11.2. The highest BCUT2D eigenvalue weighted by Crippen LogP contribution is 2.20. The lowest BCUT2D eigenvalue weighted by Crippen LogP contribution is -2.42. The van der Waals surface area contributed by atoms with E-state index in [2.05, 4.69) is 5.32 Å². The zero-order chi connectivity index (χ0) is 15.4. The van der Waals surface area contributed by atoms with Crippen LogP contribution in [-0.2, 0) is 4.79 Å². The van der Waals surface area contributed by atoms with Crippen molar-refractivity contribution in [2.75, 3.05) is 18.4 Å². The summed E-state index contributed by atoms with van der Waals surface area (Å²) in [4.78, 5) is 24.3. The van der Waals surface area contributed by atoms with E-state index in [0.717, 1.165) is 6.07 Å². The molecule has 2 N–H and O–H groups in total. The van der Waals surface area contributed by atoms with Crippen molar-refractivity contribution in [2.45, 2.75) is 12.8 Å². The lowest BCUT2D eigenvalue weighted by molar-refractivity contribution is -0.143. The molecule has 1 heterocycles. The Balaban J connectivity index is 1.97. The molecule has 0 unspecified atom stereocenters. The van der Waals surface area contributed by atoms with Crippen molar-refractivity contribution >= 4 is 17.7 Å². The molecule has 2 amide bonds. The predicted octanol–water partition coefficient (Wildman–Crippen LogP) is 2.03. The third-order valence-electron chi connectivity index (χ3n) is 3.47. The van der Waals surface area contributed by atoms with E-state index < -0.39 is 23.7 Å². The first kappa shape index (κ1) is 14.8. The Labute approximate surface area is 120 Å². The first-order valence-corrected chi connectivity index (χ1v) is 6.49. The maximum atomic E-state index is 13.7. The number of halogens is 1. The number of carbonyl (C=O) groups is 2. The van der Waals surface area contributed by atoms with E-state index in [1.54, 1.807) is 0 Å². The second-order valence-corrected chi connectivity index (χ2v) is 4.84. The Kier molecular flexibility index (Phi) is 4.38. The van der Waals surface area contributed by atoms with Gasteiger partial charge < -0.3 is 15.3 Å². The van der Waals surface area contributed by atoms with Gasteiger partial charge in [-0.3, -0.25) is 4.79 Å². The summed E-state index contributed by atoms with van der Waals surface area (Å²) in [5, 5.41) is 20.0. The smallest absolute Gasteiger partial charge is 0.321 e. The van der Waals surface area contributed by atoms with E-state index in [1.807, 2.05) is 6.07 Å². The molecule has 1 aliphatic rings. The van der Waals surface area contributed by atoms with Crippen molar-refractivity contribution in [2.24, 2.45) is 5.92 Å². The summed E-state index contributed by atoms with van der Waals surface area (Å²) < 4.78 is 13.7. The molecule has 0 bridgehead atoms. The highest BCUT2D eigenvalue weighted by molar-refractivity contribution is 5.89. The molecule has 7 heteroatoms. The molecule has 110 valence electrons. The molecule has 0 aromatic heterocycles. The number of likely N-dealkylation sites (tertiary alicyclic amines) is 1. The van der Waals surface area contributed by atoms with Crippen molar-refractivity contribution in [3.63, 3.8) is 0 Å². The summed E-state index contributed by atoms with van der Waals surface area (Å²) >= 11 is 0. The molecule has 1 aromatic carbocycles. The molecule has 6 nitrogen and oxygen atoms in total. The summed E-state index contributed by atoms with van der Waals surface area (Å²) in [6.07, 6.45) is 0.775.